The Hall–Kier alpha value is -0.850. The van der Waals surface area contributed by atoms with Gasteiger partial charge in [-0.2, -0.15) is 0 Å². The second-order valence-electron chi connectivity index (χ2n) is 4.68. The first-order valence-electron chi connectivity index (χ1n) is 5.51. The molecule has 78 valence electrons. The average molecular weight is 192 g/mol. The molecule has 1 heteroatoms. The molecule has 0 amide bonds. The Morgan fingerprint density at radius 3 is 2.21 bits per heavy atom. The lowest BCUT2D eigenvalue weighted by Gasteiger charge is -2.20. The highest BCUT2D eigenvalue weighted by Gasteiger charge is 2.21. The van der Waals surface area contributed by atoms with Crippen molar-refractivity contribution >= 4 is 0 Å². The lowest BCUT2D eigenvalue weighted by Crippen LogP contribution is -2.22. The molecule has 0 bridgehead atoms. The summed E-state index contributed by atoms with van der Waals surface area (Å²) < 4.78 is 0. The Kier molecular flexibility index (Phi) is 3.68. The number of aryl methyl sites for hydroxylation is 1. The second-order valence-corrected chi connectivity index (χ2v) is 4.68. The van der Waals surface area contributed by atoms with Crippen molar-refractivity contribution in [1.82, 2.24) is 0 Å². The summed E-state index contributed by atoms with van der Waals surface area (Å²) in [6, 6.07) is 6.43. The van der Waals surface area contributed by atoms with Crippen LogP contribution in [0.3, 0.4) is 0 Å². The van der Waals surface area contributed by atoms with Crippen molar-refractivity contribution < 1.29 is 4.98 Å². The van der Waals surface area contributed by atoms with Crippen LogP contribution in [0.25, 0.3) is 0 Å². The molecule has 2 unspecified atom stereocenters. The zero-order valence-corrected chi connectivity index (χ0v) is 9.96. The first-order valence-corrected chi connectivity index (χ1v) is 5.51. The molecule has 2 atom stereocenters. The zero-order chi connectivity index (χ0) is 10.7. The van der Waals surface area contributed by atoms with E-state index < -0.39 is 0 Å². The van der Waals surface area contributed by atoms with Gasteiger partial charge in [0.2, 0.25) is 0 Å². The van der Waals surface area contributed by atoms with E-state index in [-0.39, 0.29) is 0 Å². The van der Waals surface area contributed by atoms with Crippen molar-refractivity contribution in [2.45, 2.75) is 40.5 Å². The molecule has 1 nitrogen and oxygen atoms in total. The average Bonchev–Trinajstić information content (AvgIpc) is 2.15. The van der Waals surface area contributed by atoms with Gasteiger partial charge in [-0.25, -0.2) is 4.98 Å². The molecule has 0 aromatic carbocycles. The molecule has 14 heavy (non-hydrogen) atoms. The molecule has 0 spiro atoms. The van der Waals surface area contributed by atoms with E-state index in [1.165, 1.54) is 11.4 Å². The monoisotopic (exact) mass is 192 g/mol. The Bertz CT molecular complexity index is 291. The van der Waals surface area contributed by atoms with Gasteiger partial charge in [-0.1, -0.05) is 27.7 Å². The topological polar surface area (TPSA) is 14.1 Å². The van der Waals surface area contributed by atoms with Gasteiger partial charge < -0.3 is 0 Å². The van der Waals surface area contributed by atoms with Gasteiger partial charge >= 0.3 is 0 Å². The van der Waals surface area contributed by atoms with Crippen LogP contribution in [0, 0.1) is 18.8 Å². The Morgan fingerprint density at radius 1 is 1.07 bits per heavy atom. The minimum Gasteiger partial charge on any atom is -0.213 e. The maximum Gasteiger partial charge on any atom is 0.182 e. The minimum absolute atomic E-state index is 0.606. The van der Waals surface area contributed by atoms with Crippen molar-refractivity contribution in [3.8, 4) is 0 Å². The molecule has 1 N–H and O–H groups in total. The van der Waals surface area contributed by atoms with Crippen molar-refractivity contribution in [3.05, 3.63) is 29.6 Å². The molecule has 1 rings (SSSR count). The van der Waals surface area contributed by atoms with E-state index in [1.807, 2.05) is 0 Å². The highest BCUT2D eigenvalue weighted by Crippen LogP contribution is 2.26. The van der Waals surface area contributed by atoms with Gasteiger partial charge in [0.05, 0.1) is 0 Å². The zero-order valence-electron chi connectivity index (χ0n) is 9.96. The molecule has 0 saturated heterocycles. The van der Waals surface area contributed by atoms with Crippen molar-refractivity contribution in [2.24, 2.45) is 11.8 Å². The lowest BCUT2D eigenvalue weighted by molar-refractivity contribution is -0.403. The molecule has 1 aromatic heterocycles. The SMILES string of the molecule is Cc1cccc(C(C)C(C)C(C)C)[nH+]1. The Morgan fingerprint density at radius 2 is 1.71 bits per heavy atom. The summed E-state index contributed by atoms with van der Waals surface area (Å²) in [4.78, 5) is 3.44. The maximum absolute atomic E-state index is 3.44. The highest BCUT2D eigenvalue weighted by molar-refractivity contribution is 5.06. The Balaban J connectivity index is 2.83. The number of aromatic nitrogens is 1. The fourth-order valence-electron chi connectivity index (χ4n) is 1.73. The molecule has 0 aliphatic rings. The molecule has 1 aromatic rings. The van der Waals surface area contributed by atoms with E-state index in [0.717, 1.165) is 5.92 Å². The molecule has 0 aliphatic heterocycles. The fourth-order valence-corrected chi connectivity index (χ4v) is 1.73. The first kappa shape index (κ1) is 11.2. The summed E-state index contributed by atoms with van der Waals surface area (Å²) in [7, 11) is 0. The summed E-state index contributed by atoms with van der Waals surface area (Å²) in [6.07, 6.45) is 0. The van der Waals surface area contributed by atoms with Crippen LogP contribution in [0.15, 0.2) is 18.2 Å². The van der Waals surface area contributed by atoms with Crippen LogP contribution in [-0.4, -0.2) is 0 Å². The van der Waals surface area contributed by atoms with Crippen LogP contribution in [-0.2, 0) is 0 Å². The van der Waals surface area contributed by atoms with Gasteiger partial charge in [-0.15, -0.1) is 0 Å². The van der Waals surface area contributed by atoms with E-state index in [4.69, 9.17) is 0 Å². The number of nitrogens with one attached hydrogen (secondary N) is 1. The molecule has 1 heterocycles. The predicted molar refractivity (Wildman–Crippen MR) is 60.2 cm³/mol. The van der Waals surface area contributed by atoms with Crippen molar-refractivity contribution in [2.75, 3.05) is 0 Å². The van der Waals surface area contributed by atoms with Gasteiger partial charge in [0, 0.05) is 25.0 Å². The van der Waals surface area contributed by atoms with Crippen LogP contribution in [0.1, 0.15) is 45.0 Å². The Labute approximate surface area is 87.6 Å². The van der Waals surface area contributed by atoms with Crippen LogP contribution in [0.4, 0.5) is 0 Å². The normalized spacial score (nSPS) is 15.6. The van der Waals surface area contributed by atoms with Gasteiger partial charge in [0.15, 0.2) is 11.4 Å². The molecule has 0 radical (unpaired) electrons. The number of aromatic amines is 1. The number of rotatable bonds is 3. The third-order valence-electron chi connectivity index (χ3n) is 3.29. The summed E-state index contributed by atoms with van der Waals surface area (Å²) >= 11 is 0. The summed E-state index contributed by atoms with van der Waals surface area (Å²) in [6.45, 7) is 11.3. The van der Waals surface area contributed by atoms with E-state index in [9.17, 15) is 0 Å². The summed E-state index contributed by atoms with van der Waals surface area (Å²) in [5.41, 5.74) is 2.59. The summed E-state index contributed by atoms with van der Waals surface area (Å²) in [5, 5.41) is 0. The van der Waals surface area contributed by atoms with Crippen LogP contribution in [0.2, 0.25) is 0 Å². The third-order valence-corrected chi connectivity index (χ3v) is 3.29. The number of hydrogen-bond acceptors (Lipinski definition) is 0. The smallest absolute Gasteiger partial charge is 0.182 e. The van der Waals surface area contributed by atoms with Crippen LogP contribution < -0.4 is 4.98 Å². The van der Waals surface area contributed by atoms with Crippen LogP contribution in [0.5, 0.6) is 0 Å². The van der Waals surface area contributed by atoms with Gasteiger partial charge in [-0.3, -0.25) is 0 Å². The van der Waals surface area contributed by atoms with Gasteiger partial charge in [-0.05, 0) is 17.9 Å². The molecule has 0 aliphatic carbocycles. The largest absolute Gasteiger partial charge is 0.213 e. The lowest BCUT2D eigenvalue weighted by atomic mass is 9.84. The number of pyridine rings is 1. The molecule has 0 fully saturated rings. The standard InChI is InChI=1S/C13H21N/c1-9(2)11(4)12(5)13-8-6-7-10(3)14-13/h6-9,11-12H,1-5H3/p+1. The molecular weight excluding hydrogens is 170 g/mol. The first-order chi connectivity index (χ1) is 6.52. The maximum atomic E-state index is 3.44. The van der Waals surface area contributed by atoms with E-state index in [2.05, 4.69) is 57.8 Å². The quantitative estimate of drug-likeness (QED) is 0.698. The minimum atomic E-state index is 0.606. The van der Waals surface area contributed by atoms with Crippen molar-refractivity contribution in [1.29, 1.82) is 0 Å². The molecule has 0 saturated carbocycles. The third kappa shape index (κ3) is 2.57. The number of hydrogen-bond donors (Lipinski definition) is 0. The highest BCUT2D eigenvalue weighted by atomic mass is 14.7. The predicted octanol–water partition coefficient (Wildman–Crippen LogP) is 3.20. The van der Waals surface area contributed by atoms with Crippen molar-refractivity contribution in [3.63, 3.8) is 0 Å². The molecular formula is C13H22N+. The van der Waals surface area contributed by atoms with E-state index in [1.54, 1.807) is 0 Å². The van der Waals surface area contributed by atoms with E-state index in [0.29, 0.717) is 11.8 Å². The van der Waals surface area contributed by atoms with Crippen LogP contribution >= 0.6 is 0 Å². The van der Waals surface area contributed by atoms with Gasteiger partial charge in [0.1, 0.15) is 0 Å². The fraction of sp³-hybridized carbons (Fsp3) is 0.615. The second kappa shape index (κ2) is 4.59. The van der Waals surface area contributed by atoms with E-state index >= 15 is 0 Å². The van der Waals surface area contributed by atoms with Gasteiger partial charge in [0.25, 0.3) is 0 Å². The number of H-pyrrole nitrogens is 1. The summed E-state index contributed by atoms with van der Waals surface area (Å²) in [5.74, 6) is 2.06.